The van der Waals surface area contributed by atoms with E-state index in [1.165, 1.54) is 77.0 Å². The Morgan fingerprint density at radius 1 is 0.194 bits per heavy atom. The van der Waals surface area contributed by atoms with Gasteiger partial charge in [0.05, 0.1) is 0 Å². The van der Waals surface area contributed by atoms with Gasteiger partial charge in [0.2, 0.25) is 0 Å². The van der Waals surface area contributed by atoms with E-state index in [9.17, 15) is 0 Å². The summed E-state index contributed by atoms with van der Waals surface area (Å²) in [6.07, 6.45) is 16.1. The van der Waals surface area contributed by atoms with E-state index in [2.05, 4.69) is 83.1 Å². The van der Waals surface area contributed by atoms with Gasteiger partial charge in [-0.2, -0.15) is 0 Å². The van der Waals surface area contributed by atoms with Gasteiger partial charge in [-0.15, -0.1) is 0 Å². The first-order chi connectivity index (χ1) is 17.5. The summed E-state index contributed by atoms with van der Waals surface area (Å²) in [4.78, 5) is 0. The van der Waals surface area contributed by atoms with Crippen LogP contribution in [0.3, 0.4) is 0 Å². The normalized spacial score (nSPS) is 6.00. The van der Waals surface area contributed by atoms with Gasteiger partial charge in [-0.1, -0.05) is 243 Å². The third-order valence-corrected chi connectivity index (χ3v) is 1.91. The van der Waals surface area contributed by atoms with Crippen molar-refractivity contribution in [3.05, 3.63) is 0 Å². The fraction of sp³-hybridized carbons (Fsp3) is 1.00. The number of unbranched alkanes of at least 4 members (excludes halogenated alkanes) is 6. The Morgan fingerprint density at radius 3 is 0.278 bits per heavy atom. The second-order valence-corrected chi connectivity index (χ2v) is 6.24. The summed E-state index contributed by atoms with van der Waals surface area (Å²) >= 11 is 0. The van der Waals surface area contributed by atoms with Crippen molar-refractivity contribution in [2.24, 2.45) is 0 Å². The molecule has 0 heterocycles. The van der Waals surface area contributed by atoms with Gasteiger partial charge in [0.25, 0.3) is 0 Å². The smallest absolute Gasteiger partial charge is 0.0536 e. The van der Waals surface area contributed by atoms with Crippen molar-refractivity contribution in [1.29, 1.82) is 0 Å². The maximum Gasteiger partial charge on any atom is -0.0536 e. The van der Waals surface area contributed by atoms with E-state index in [0.717, 1.165) is 0 Å². The molecule has 0 saturated carbocycles. The fourth-order valence-electron chi connectivity index (χ4n) is 1.000. The number of rotatable bonds is 6. The lowest BCUT2D eigenvalue weighted by Gasteiger charge is -1.86. The van der Waals surface area contributed by atoms with E-state index >= 15 is 0 Å². The second-order valence-electron chi connectivity index (χ2n) is 6.24. The molecule has 0 aromatic rings. The molecular formula is C36H96. The minimum absolute atomic E-state index is 1.25. The van der Waals surface area contributed by atoms with E-state index in [1.54, 1.807) is 0 Å². The highest BCUT2D eigenvalue weighted by Gasteiger charge is 1.75. The minimum atomic E-state index is 1.25. The summed E-state index contributed by atoms with van der Waals surface area (Å²) in [6, 6.07) is 0. The molecule has 0 bridgehead atoms. The maximum absolute atomic E-state index is 2.23. The van der Waals surface area contributed by atoms with Crippen LogP contribution in [0.25, 0.3) is 0 Å². The lowest BCUT2D eigenvalue weighted by Crippen LogP contribution is -1.66. The molecule has 0 amide bonds. The van der Waals surface area contributed by atoms with Gasteiger partial charge in [0.15, 0.2) is 0 Å². The molecule has 0 unspecified atom stereocenters. The SMILES string of the molecule is CC.CC.CC.CC.CC.CC.CCC.CCC.CCC.CCC.CCCCCC.CCCCCC. The standard InChI is InChI=1S/2C6H14.4C3H8.6C2H6/c2*1-3-5-6-4-2;4*1-3-2;6*1-2/h2*3-6H2,1-2H3;4*3H2,1-2H3;6*1-2H3. The van der Waals surface area contributed by atoms with Crippen LogP contribution in [0, 0.1) is 0 Å². The largest absolute Gasteiger partial charge is 0.0683 e. The van der Waals surface area contributed by atoms with Gasteiger partial charge >= 0.3 is 0 Å². The zero-order valence-electron chi connectivity index (χ0n) is 32.5. The molecule has 0 atom stereocenters. The maximum atomic E-state index is 2.23. The van der Waals surface area contributed by atoms with E-state index in [4.69, 9.17) is 0 Å². The highest BCUT2D eigenvalue weighted by molar-refractivity contribution is 4.31. The Balaban J connectivity index is -0.0000000181. The first kappa shape index (κ1) is 76.6. The summed E-state index contributed by atoms with van der Waals surface area (Å²) in [6.45, 7) is 49.9. The molecule has 0 heteroatoms. The first-order valence-corrected chi connectivity index (χ1v) is 17.5. The molecule has 0 rings (SSSR count). The van der Waals surface area contributed by atoms with E-state index in [1.807, 2.05) is 83.1 Å². The van der Waals surface area contributed by atoms with Gasteiger partial charge in [-0.05, 0) is 0 Å². The average molecular weight is 529 g/mol. The quantitative estimate of drug-likeness (QED) is 0.300. The summed E-state index contributed by atoms with van der Waals surface area (Å²) < 4.78 is 0. The van der Waals surface area contributed by atoms with Crippen LogP contribution >= 0.6 is 0 Å². The van der Waals surface area contributed by atoms with Gasteiger partial charge in [-0.25, -0.2) is 0 Å². The van der Waals surface area contributed by atoms with Crippen LogP contribution in [-0.2, 0) is 0 Å². The van der Waals surface area contributed by atoms with Crippen LogP contribution in [0.4, 0.5) is 0 Å². The molecule has 0 nitrogen and oxygen atoms in total. The van der Waals surface area contributed by atoms with Gasteiger partial charge < -0.3 is 0 Å². The highest BCUT2D eigenvalue weighted by atomic mass is 13.8. The first-order valence-electron chi connectivity index (χ1n) is 17.5. The van der Waals surface area contributed by atoms with Crippen LogP contribution < -0.4 is 0 Å². The zero-order chi connectivity index (χ0) is 32.5. The monoisotopic (exact) mass is 529 g/mol. The molecule has 0 aromatic carbocycles. The third-order valence-electron chi connectivity index (χ3n) is 1.91. The average Bonchev–Trinajstić information content (AvgIpc) is 2.95. The van der Waals surface area contributed by atoms with Gasteiger partial charge in [0, 0.05) is 0 Å². The third kappa shape index (κ3) is 1030. The molecule has 0 N–H and O–H groups in total. The minimum Gasteiger partial charge on any atom is -0.0683 e. The topological polar surface area (TPSA) is 0 Å². The van der Waals surface area contributed by atoms with E-state index < -0.39 is 0 Å². The molecule has 0 aliphatic heterocycles. The van der Waals surface area contributed by atoms with Crippen molar-refractivity contribution in [2.45, 2.75) is 243 Å². The molecule has 0 saturated heterocycles. The molecule has 0 fully saturated rings. The number of hydrogen-bond donors (Lipinski definition) is 0. The van der Waals surface area contributed by atoms with Gasteiger partial charge in [0.1, 0.15) is 0 Å². The Bertz CT molecular complexity index is 62.0. The van der Waals surface area contributed by atoms with Crippen molar-refractivity contribution < 1.29 is 0 Å². The molecule has 0 aromatic heterocycles. The predicted octanol–water partition coefficient (Wildman–Crippen LogP) is 17.0. The molecule has 0 spiro atoms. The zero-order valence-corrected chi connectivity index (χ0v) is 32.5. The lowest BCUT2D eigenvalue weighted by atomic mass is 10.2. The van der Waals surface area contributed by atoms with Crippen molar-refractivity contribution in [3.8, 4) is 0 Å². The van der Waals surface area contributed by atoms with Gasteiger partial charge in [-0.3, -0.25) is 0 Å². The van der Waals surface area contributed by atoms with E-state index in [0.29, 0.717) is 0 Å². The van der Waals surface area contributed by atoms with Crippen LogP contribution in [0.15, 0.2) is 0 Å². The Hall–Kier alpha value is 0. The Labute approximate surface area is 243 Å². The van der Waals surface area contributed by atoms with Crippen LogP contribution in [-0.4, -0.2) is 0 Å². The number of hydrogen-bond acceptors (Lipinski definition) is 0. The Morgan fingerprint density at radius 2 is 0.250 bits per heavy atom. The molecule has 240 valence electrons. The second kappa shape index (κ2) is 281. The molecule has 0 aliphatic rings. The highest BCUT2D eigenvalue weighted by Crippen LogP contribution is 1.95. The molecule has 0 radical (unpaired) electrons. The van der Waals surface area contributed by atoms with E-state index in [-0.39, 0.29) is 0 Å². The molecular weight excluding hydrogens is 432 g/mol. The van der Waals surface area contributed by atoms with Crippen LogP contribution in [0.5, 0.6) is 0 Å². The summed E-state index contributed by atoms with van der Waals surface area (Å²) in [5, 5.41) is 0. The predicted molar refractivity (Wildman–Crippen MR) is 192 cm³/mol. The van der Waals surface area contributed by atoms with Crippen LogP contribution in [0.2, 0.25) is 0 Å². The summed E-state index contributed by atoms with van der Waals surface area (Å²) in [7, 11) is 0. The van der Waals surface area contributed by atoms with Crippen molar-refractivity contribution in [2.75, 3.05) is 0 Å². The van der Waals surface area contributed by atoms with Crippen molar-refractivity contribution in [3.63, 3.8) is 0 Å². The lowest BCUT2D eigenvalue weighted by molar-refractivity contribution is 0.702. The van der Waals surface area contributed by atoms with Crippen molar-refractivity contribution in [1.82, 2.24) is 0 Å². The summed E-state index contributed by atoms with van der Waals surface area (Å²) in [5.74, 6) is 0. The van der Waals surface area contributed by atoms with Crippen molar-refractivity contribution >= 4 is 0 Å². The summed E-state index contributed by atoms with van der Waals surface area (Å²) in [5.41, 5.74) is 0. The van der Waals surface area contributed by atoms with Crippen LogP contribution in [0.1, 0.15) is 243 Å². The fourth-order valence-corrected chi connectivity index (χ4v) is 1.000. The molecule has 0 aliphatic carbocycles. The Kier molecular flexibility index (Phi) is 598. The molecule has 36 heavy (non-hydrogen) atoms.